The third-order valence-electron chi connectivity index (χ3n) is 7.66. The van der Waals surface area contributed by atoms with Crippen molar-refractivity contribution in [1.82, 2.24) is 0 Å². The van der Waals surface area contributed by atoms with E-state index < -0.39 is 0 Å². The Morgan fingerprint density at radius 3 is 1.07 bits per heavy atom. The van der Waals surface area contributed by atoms with Crippen LogP contribution in [0.1, 0.15) is 33.4 Å². The number of nitrogens with zero attached hydrogens (tertiary/aromatic N) is 6. The van der Waals surface area contributed by atoms with Gasteiger partial charge in [-0.25, -0.2) is 0 Å². The fourth-order valence-corrected chi connectivity index (χ4v) is 8.48. The van der Waals surface area contributed by atoms with Crippen molar-refractivity contribution in [1.29, 1.82) is 31.6 Å². The lowest BCUT2D eigenvalue weighted by Crippen LogP contribution is -1.97. The molecule has 44 heavy (non-hydrogen) atoms. The first-order chi connectivity index (χ1) is 21.6. The summed E-state index contributed by atoms with van der Waals surface area (Å²) < 4.78 is 3.46. The fourth-order valence-electron chi connectivity index (χ4n) is 5.95. The minimum absolute atomic E-state index is 0.206. The molecule has 0 N–H and O–H groups in total. The van der Waals surface area contributed by atoms with E-state index in [1.54, 1.807) is 0 Å². The van der Waals surface area contributed by atoms with Crippen LogP contribution in [0.5, 0.6) is 0 Å². The maximum atomic E-state index is 10.3. The number of thiophene rings is 2. The van der Waals surface area contributed by atoms with Crippen molar-refractivity contribution in [3.8, 4) is 58.7 Å². The zero-order valence-corrected chi connectivity index (χ0v) is 24.1. The molecule has 2 heterocycles. The molecule has 0 aliphatic carbocycles. The lowest BCUT2D eigenvalue weighted by atomic mass is 9.84. The highest BCUT2D eigenvalue weighted by atomic mass is 32.1. The molecule has 198 valence electrons. The normalized spacial score (nSPS) is 10.6. The molecule has 0 aliphatic rings. The highest BCUT2D eigenvalue weighted by Crippen LogP contribution is 2.55. The monoisotopic (exact) mass is 592 g/mol. The Hall–Kier alpha value is -6.52. The van der Waals surface area contributed by atoms with E-state index in [4.69, 9.17) is 0 Å². The molecule has 2 aromatic heterocycles. The van der Waals surface area contributed by atoms with Crippen molar-refractivity contribution in [2.24, 2.45) is 0 Å². The molecule has 0 bridgehead atoms. The Bertz CT molecular complexity index is 2430. The molecule has 0 saturated carbocycles. The summed E-state index contributed by atoms with van der Waals surface area (Å²) in [6.45, 7) is 0. The zero-order valence-electron chi connectivity index (χ0n) is 22.4. The molecule has 0 unspecified atom stereocenters. The average Bonchev–Trinajstić information content (AvgIpc) is 3.65. The van der Waals surface area contributed by atoms with E-state index in [9.17, 15) is 31.6 Å². The second-order valence-electron chi connectivity index (χ2n) is 9.92. The summed E-state index contributed by atoms with van der Waals surface area (Å²) in [6, 6.07) is 34.7. The van der Waals surface area contributed by atoms with Gasteiger partial charge in [0.1, 0.15) is 0 Å². The van der Waals surface area contributed by atoms with Crippen LogP contribution < -0.4 is 0 Å². The number of fused-ring (bicyclic) bond motifs is 6. The van der Waals surface area contributed by atoms with Gasteiger partial charge in [-0.2, -0.15) is 31.6 Å². The summed E-state index contributed by atoms with van der Waals surface area (Å²) in [7, 11) is 0. The Labute approximate surface area is 258 Å². The van der Waals surface area contributed by atoms with Crippen molar-refractivity contribution in [3.05, 3.63) is 106 Å². The van der Waals surface area contributed by atoms with Crippen molar-refractivity contribution in [2.45, 2.75) is 0 Å². The van der Waals surface area contributed by atoms with Gasteiger partial charge in [-0.3, -0.25) is 0 Å². The van der Waals surface area contributed by atoms with Crippen LogP contribution in [0.2, 0.25) is 0 Å². The topological polar surface area (TPSA) is 143 Å². The largest absolute Gasteiger partial charge is 0.192 e. The minimum atomic E-state index is 0.206. The van der Waals surface area contributed by atoms with Crippen molar-refractivity contribution in [2.75, 3.05) is 0 Å². The standard InChI is InChI=1S/C36H12N6S2/c37-13-19-9-21(15-39)29(22(10-19)16-40)33-31-25-5-1-3-7-27(25)43-35(31)34(32-26-6-2-4-8-28(26)44-36(32)33)30-23(17-41)11-20(14-38)12-24(30)18-42/h1-12H. The van der Waals surface area contributed by atoms with Gasteiger partial charge < -0.3 is 0 Å². The molecule has 0 saturated heterocycles. The number of hydrogen-bond donors (Lipinski definition) is 0. The second-order valence-corrected chi connectivity index (χ2v) is 12.0. The number of rotatable bonds is 2. The molecular formula is C36H12N6S2. The van der Waals surface area contributed by atoms with Crippen molar-refractivity contribution < 1.29 is 0 Å². The third-order valence-corrected chi connectivity index (χ3v) is 10.0. The minimum Gasteiger partial charge on any atom is -0.192 e. The number of benzene rings is 5. The highest BCUT2D eigenvalue weighted by molar-refractivity contribution is 7.28. The molecule has 0 atom stereocenters. The van der Waals surface area contributed by atoms with Gasteiger partial charge in [-0.05, 0) is 36.4 Å². The predicted molar refractivity (Wildman–Crippen MR) is 171 cm³/mol. The van der Waals surface area contributed by atoms with Crippen LogP contribution in [0.3, 0.4) is 0 Å². The molecule has 0 aliphatic heterocycles. The second kappa shape index (κ2) is 10.1. The number of nitriles is 6. The summed E-state index contributed by atoms with van der Waals surface area (Å²) in [5, 5.41) is 64.0. The Balaban J connectivity index is 1.86. The van der Waals surface area contributed by atoms with Gasteiger partial charge in [0.15, 0.2) is 0 Å². The molecule has 5 aromatic carbocycles. The van der Waals surface area contributed by atoms with E-state index in [0.717, 1.165) is 40.3 Å². The first-order valence-electron chi connectivity index (χ1n) is 13.1. The Morgan fingerprint density at radius 2 is 0.750 bits per heavy atom. The van der Waals surface area contributed by atoms with Crippen LogP contribution in [-0.4, -0.2) is 0 Å². The van der Waals surface area contributed by atoms with Crippen LogP contribution in [0, 0.1) is 68.0 Å². The lowest BCUT2D eigenvalue weighted by Gasteiger charge is -2.17. The maximum absolute atomic E-state index is 10.3. The highest BCUT2D eigenvalue weighted by Gasteiger charge is 2.29. The smallest absolute Gasteiger partial charge is 0.0999 e. The van der Waals surface area contributed by atoms with E-state index >= 15 is 0 Å². The van der Waals surface area contributed by atoms with Gasteiger partial charge in [0.2, 0.25) is 0 Å². The van der Waals surface area contributed by atoms with E-state index in [1.807, 2.05) is 48.5 Å². The first-order valence-corrected chi connectivity index (χ1v) is 14.8. The molecule has 7 aromatic rings. The summed E-state index contributed by atoms with van der Waals surface area (Å²) in [6.07, 6.45) is 0. The SMILES string of the molecule is N#Cc1cc(C#N)c(-c2c3sc4ccccc4c3c(-c3c(C#N)cc(C#N)cc3C#N)c3sc4ccccc4c23)c(C#N)c1. The molecule has 6 nitrogen and oxygen atoms in total. The summed E-state index contributed by atoms with van der Waals surface area (Å²) >= 11 is 3.01. The van der Waals surface area contributed by atoms with Crippen LogP contribution in [0.25, 0.3) is 62.6 Å². The molecule has 0 radical (unpaired) electrons. The maximum Gasteiger partial charge on any atom is 0.0999 e. The van der Waals surface area contributed by atoms with Crippen LogP contribution >= 0.6 is 22.7 Å². The van der Waals surface area contributed by atoms with Crippen LogP contribution in [0.15, 0.2) is 72.8 Å². The van der Waals surface area contributed by atoms with Gasteiger partial charge in [-0.1, -0.05) is 36.4 Å². The third kappa shape index (κ3) is 3.65. The summed E-state index contributed by atoms with van der Waals surface area (Å²) in [5.41, 5.74) is 3.52. The Morgan fingerprint density at radius 1 is 0.409 bits per heavy atom. The van der Waals surface area contributed by atoms with Crippen LogP contribution in [0.4, 0.5) is 0 Å². The molecule has 7 rings (SSSR count). The van der Waals surface area contributed by atoms with Crippen LogP contribution in [-0.2, 0) is 0 Å². The quantitative estimate of drug-likeness (QED) is 0.196. The van der Waals surface area contributed by atoms with Gasteiger partial charge in [0.05, 0.1) is 69.8 Å². The Kier molecular flexibility index (Phi) is 6.05. The van der Waals surface area contributed by atoms with E-state index in [0.29, 0.717) is 22.3 Å². The van der Waals surface area contributed by atoms with Crippen molar-refractivity contribution >= 4 is 63.0 Å². The summed E-state index contributed by atoms with van der Waals surface area (Å²) in [4.78, 5) is 0. The van der Waals surface area contributed by atoms with Gasteiger partial charge in [0.25, 0.3) is 0 Å². The molecular weight excluding hydrogens is 581 g/mol. The van der Waals surface area contributed by atoms with Gasteiger partial charge >= 0.3 is 0 Å². The van der Waals surface area contributed by atoms with Gasteiger partial charge in [0, 0.05) is 62.6 Å². The molecule has 0 fully saturated rings. The lowest BCUT2D eigenvalue weighted by molar-refractivity contribution is 1.42. The van der Waals surface area contributed by atoms with E-state index in [1.165, 1.54) is 46.9 Å². The average molecular weight is 593 g/mol. The fraction of sp³-hybridized carbons (Fsp3) is 0. The van der Waals surface area contributed by atoms with Crippen molar-refractivity contribution in [3.63, 3.8) is 0 Å². The van der Waals surface area contributed by atoms with E-state index in [2.05, 4.69) is 36.4 Å². The molecule has 0 spiro atoms. The first kappa shape index (κ1) is 26.4. The van der Waals surface area contributed by atoms with Gasteiger partial charge in [-0.15, -0.1) is 22.7 Å². The number of hydrogen-bond acceptors (Lipinski definition) is 8. The molecule has 0 amide bonds. The van der Waals surface area contributed by atoms with E-state index in [-0.39, 0.29) is 33.4 Å². The zero-order chi connectivity index (χ0) is 30.5. The molecule has 8 heteroatoms. The predicted octanol–water partition coefficient (Wildman–Crippen LogP) is 8.99. The summed E-state index contributed by atoms with van der Waals surface area (Å²) in [5.74, 6) is 0.